The van der Waals surface area contributed by atoms with Crippen LogP contribution in [0.2, 0.25) is 0 Å². The minimum Gasteiger partial charge on any atom is -0.309 e. The molecule has 2 aromatic rings. The van der Waals surface area contributed by atoms with Gasteiger partial charge in [-0.1, -0.05) is 31.2 Å². The summed E-state index contributed by atoms with van der Waals surface area (Å²) in [4.78, 5) is 32.4. The number of nitrogens with zero attached hydrogens (tertiary/aromatic N) is 2. The Morgan fingerprint density at radius 1 is 1.07 bits per heavy atom. The van der Waals surface area contributed by atoms with Crippen molar-refractivity contribution in [3.8, 4) is 0 Å². The standard InChI is InChI=1S/C23H22N2O2S/c1-13-11-18(26)19(16-7-5-15(6-8-16)14(2)12-25(3)4)20-17-9-10-28-22(17)23(27)24-21(13)20/h5-11,14H,12H2,1-4H3/t14-/m0/s1. The lowest BCUT2D eigenvalue weighted by Gasteiger charge is -2.24. The van der Waals surface area contributed by atoms with Crippen molar-refractivity contribution < 1.29 is 9.59 Å². The van der Waals surface area contributed by atoms with E-state index in [2.05, 4.69) is 43.0 Å². The van der Waals surface area contributed by atoms with Crippen molar-refractivity contribution in [1.82, 2.24) is 4.90 Å². The molecule has 0 bridgehead atoms. The second-order valence-corrected chi connectivity index (χ2v) is 8.57. The van der Waals surface area contributed by atoms with Crippen molar-refractivity contribution in [2.75, 3.05) is 20.6 Å². The summed E-state index contributed by atoms with van der Waals surface area (Å²) in [5, 5.41) is 1.88. The minimum absolute atomic E-state index is 0.0351. The molecular formula is C23H22N2O2S. The number of rotatable bonds is 4. The van der Waals surface area contributed by atoms with Crippen molar-refractivity contribution in [1.29, 1.82) is 0 Å². The van der Waals surface area contributed by atoms with Gasteiger partial charge >= 0.3 is 0 Å². The molecule has 0 unspecified atom stereocenters. The first-order chi connectivity index (χ1) is 13.4. The van der Waals surface area contributed by atoms with Crippen molar-refractivity contribution in [2.45, 2.75) is 19.8 Å². The fourth-order valence-corrected chi connectivity index (χ4v) is 4.71. The van der Waals surface area contributed by atoms with Gasteiger partial charge in [-0.05, 0) is 61.2 Å². The Balaban J connectivity index is 1.83. The first-order valence-electron chi connectivity index (χ1n) is 9.30. The van der Waals surface area contributed by atoms with Crippen LogP contribution in [0.15, 0.2) is 52.4 Å². The number of carbonyl (C=O) groups is 2. The minimum atomic E-state index is -0.224. The molecule has 1 aliphatic heterocycles. The van der Waals surface area contributed by atoms with Gasteiger partial charge in [-0.15, -0.1) is 11.3 Å². The molecule has 1 aromatic carbocycles. The second kappa shape index (κ2) is 7.08. The summed E-state index contributed by atoms with van der Waals surface area (Å²) in [6.07, 6.45) is 1.59. The fraction of sp³-hybridized carbons (Fsp3) is 0.261. The molecule has 1 atom stereocenters. The number of likely N-dealkylation sites (N-methyl/N-ethyl adjacent to an activating group) is 1. The molecule has 0 spiro atoms. The first-order valence-corrected chi connectivity index (χ1v) is 10.2. The Hall–Kier alpha value is -2.63. The summed E-state index contributed by atoms with van der Waals surface area (Å²) in [6, 6.07) is 10.1. The van der Waals surface area contributed by atoms with Crippen LogP contribution in [0.3, 0.4) is 0 Å². The topological polar surface area (TPSA) is 49.7 Å². The van der Waals surface area contributed by atoms with Gasteiger partial charge in [0.15, 0.2) is 5.78 Å². The number of thiophene rings is 1. The number of ketones is 1. The summed E-state index contributed by atoms with van der Waals surface area (Å²) < 4.78 is 0. The highest BCUT2D eigenvalue weighted by atomic mass is 32.1. The van der Waals surface area contributed by atoms with Gasteiger partial charge in [-0.2, -0.15) is 0 Å². The van der Waals surface area contributed by atoms with Crippen LogP contribution >= 0.6 is 11.3 Å². The van der Waals surface area contributed by atoms with E-state index in [9.17, 15) is 9.59 Å². The van der Waals surface area contributed by atoms with Crippen LogP contribution in [0.5, 0.6) is 0 Å². The van der Waals surface area contributed by atoms with Gasteiger partial charge < -0.3 is 4.90 Å². The van der Waals surface area contributed by atoms with Crippen LogP contribution in [-0.4, -0.2) is 42.9 Å². The normalized spacial score (nSPS) is 17.3. The molecule has 4 rings (SSSR count). The summed E-state index contributed by atoms with van der Waals surface area (Å²) in [7, 11) is 4.13. The zero-order valence-electron chi connectivity index (χ0n) is 16.4. The van der Waals surface area contributed by atoms with Gasteiger partial charge in [0.2, 0.25) is 0 Å². The lowest BCUT2D eigenvalue weighted by molar-refractivity contribution is -0.109. The Bertz CT molecular complexity index is 1070. The molecule has 5 heteroatoms. The molecule has 2 heterocycles. The number of fused-ring (bicyclic) bond motifs is 3. The molecule has 142 valence electrons. The summed E-state index contributed by atoms with van der Waals surface area (Å²) in [5.41, 5.74) is 5.70. The van der Waals surface area contributed by atoms with Crippen LogP contribution in [0.25, 0.3) is 11.1 Å². The second-order valence-electron chi connectivity index (χ2n) is 7.66. The number of amides is 1. The Labute approximate surface area is 168 Å². The van der Waals surface area contributed by atoms with Gasteiger partial charge in [0, 0.05) is 23.3 Å². The molecule has 28 heavy (non-hydrogen) atoms. The van der Waals surface area contributed by atoms with E-state index in [1.165, 1.54) is 16.9 Å². The molecule has 0 N–H and O–H groups in total. The Morgan fingerprint density at radius 2 is 1.79 bits per heavy atom. The Kier molecular flexibility index (Phi) is 4.73. The number of aliphatic imine (C=N–C) groups is 1. The average Bonchev–Trinajstić information content (AvgIpc) is 3.13. The molecule has 0 radical (unpaired) electrons. The van der Waals surface area contributed by atoms with E-state index in [-0.39, 0.29) is 11.7 Å². The van der Waals surface area contributed by atoms with Crippen molar-refractivity contribution in [2.24, 2.45) is 4.99 Å². The zero-order valence-corrected chi connectivity index (χ0v) is 17.3. The van der Waals surface area contributed by atoms with Gasteiger partial charge in [-0.3, -0.25) is 9.59 Å². The van der Waals surface area contributed by atoms with Crippen molar-refractivity contribution >= 4 is 39.9 Å². The predicted molar refractivity (Wildman–Crippen MR) is 115 cm³/mol. The third kappa shape index (κ3) is 3.11. The van der Waals surface area contributed by atoms with Gasteiger partial charge in [-0.25, -0.2) is 4.99 Å². The lowest BCUT2D eigenvalue weighted by atomic mass is 9.81. The van der Waals surface area contributed by atoms with Gasteiger partial charge in [0.1, 0.15) is 4.88 Å². The van der Waals surface area contributed by atoms with E-state index in [1.54, 1.807) is 6.08 Å². The highest BCUT2D eigenvalue weighted by molar-refractivity contribution is 7.12. The molecule has 2 aliphatic rings. The van der Waals surface area contributed by atoms with Crippen molar-refractivity contribution in [3.63, 3.8) is 0 Å². The molecule has 1 aliphatic carbocycles. The van der Waals surface area contributed by atoms with Gasteiger partial charge in [0.25, 0.3) is 5.91 Å². The summed E-state index contributed by atoms with van der Waals surface area (Å²) in [6.45, 7) is 5.00. The van der Waals surface area contributed by atoms with Crippen LogP contribution in [-0.2, 0) is 4.79 Å². The molecular weight excluding hydrogens is 368 g/mol. The number of allylic oxidation sites excluding steroid dienone is 4. The van der Waals surface area contributed by atoms with E-state index in [0.29, 0.717) is 22.1 Å². The molecule has 0 saturated carbocycles. The molecule has 4 nitrogen and oxygen atoms in total. The highest BCUT2D eigenvalue weighted by Crippen LogP contribution is 2.40. The Morgan fingerprint density at radius 3 is 2.46 bits per heavy atom. The van der Waals surface area contributed by atoms with E-state index in [4.69, 9.17) is 0 Å². The SMILES string of the molecule is CC1=CC(=O)C(c2ccc([C@@H](C)CN(C)C)cc2)=C2C1=NC(=O)c1sccc12. The highest BCUT2D eigenvalue weighted by Gasteiger charge is 2.33. The number of hydrogen-bond acceptors (Lipinski definition) is 4. The smallest absolute Gasteiger partial charge is 0.288 e. The van der Waals surface area contributed by atoms with Crippen LogP contribution in [0.4, 0.5) is 0 Å². The molecule has 0 fully saturated rings. The lowest BCUT2D eigenvalue weighted by Crippen LogP contribution is -2.22. The number of hydrogen-bond donors (Lipinski definition) is 0. The number of benzene rings is 1. The average molecular weight is 391 g/mol. The van der Waals surface area contributed by atoms with Crippen molar-refractivity contribution in [3.05, 3.63) is 68.9 Å². The predicted octanol–water partition coefficient (Wildman–Crippen LogP) is 4.45. The maximum absolute atomic E-state index is 13.0. The largest absolute Gasteiger partial charge is 0.309 e. The first kappa shape index (κ1) is 18.7. The summed E-state index contributed by atoms with van der Waals surface area (Å²) >= 11 is 1.37. The molecule has 0 saturated heterocycles. The van der Waals surface area contributed by atoms with Crippen LogP contribution < -0.4 is 0 Å². The van der Waals surface area contributed by atoms with E-state index < -0.39 is 0 Å². The van der Waals surface area contributed by atoms with Crippen LogP contribution in [0, 0.1) is 0 Å². The monoisotopic (exact) mass is 390 g/mol. The molecule has 1 aromatic heterocycles. The zero-order chi connectivity index (χ0) is 20.0. The summed E-state index contributed by atoms with van der Waals surface area (Å²) in [5.74, 6) is 0.142. The maximum Gasteiger partial charge on any atom is 0.288 e. The van der Waals surface area contributed by atoms with E-state index in [0.717, 1.165) is 28.8 Å². The van der Waals surface area contributed by atoms with Crippen LogP contribution in [0.1, 0.15) is 46.1 Å². The van der Waals surface area contributed by atoms with Gasteiger partial charge in [0.05, 0.1) is 5.71 Å². The van der Waals surface area contributed by atoms with E-state index in [1.807, 2.05) is 30.5 Å². The maximum atomic E-state index is 13.0. The fourth-order valence-electron chi connectivity index (χ4n) is 3.92. The number of carbonyl (C=O) groups excluding carboxylic acids is 2. The molecule has 1 amide bonds. The third-order valence-corrected chi connectivity index (χ3v) is 6.11. The van der Waals surface area contributed by atoms with E-state index >= 15 is 0 Å². The quantitative estimate of drug-likeness (QED) is 0.725. The third-order valence-electron chi connectivity index (χ3n) is 5.20.